The third kappa shape index (κ3) is 4.68. The first kappa shape index (κ1) is 21.1. The van der Waals surface area contributed by atoms with Crippen LogP contribution in [0.25, 0.3) is 5.57 Å². The van der Waals surface area contributed by atoms with Crippen LogP contribution in [0.3, 0.4) is 0 Å². The molecule has 2 N–H and O–H groups in total. The van der Waals surface area contributed by atoms with Gasteiger partial charge in [-0.15, -0.1) is 0 Å². The van der Waals surface area contributed by atoms with E-state index in [0.29, 0.717) is 40.8 Å². The maximum absolute atomic E-state index is 12.7. The predicted molar refractivity (Wildman–Crippen MR) is 116 cm³/mol. The highest BCUT2D eigenvalue weighted by Crippen LogP contribution is 2.31. The molecule has 1 aliphatic heterocycles. The Balaban J connectivity index is 1.88. The first-order chi connectivity index (χ1) is 14.3. The molecule has 156 valence electrons. The molecular formula is C23H25N3O4. The quantitative estimate of drug-likeness (QED) is 0.686. The number of amides is 3. The highest BCUT2D eigenvalue weighted by molar-refractivity contribution is 6.36. The number of imide groups is 1. The van der Waals surface area contributed by atoms with Gasteiger partial charge in [0.2, 0.25) is 5.91 Å². The number of hydrogen-bond acceptors (Lipinski definition) is 5. The Morgan fingerprint density at radius 2 is 1.57 bits per heavy atom. The van der Waals surface area contributed by atoms with Crippen LogP contribution in [-0.2, 0) is 14.4 Å². The number of benzene rings is 2. The summed E-state index contributed by atoms with van der Waals surface area (Å²) >= 11 is 0. The Morgan fingerprint density at radius 3 is 2.13 bits per heavy atom. The van der Waals surface area contributed by atoms with Crippen molar-refractivity contribution >= 4 is 34.7 Å². The van der Waals surface area contributed by atoms with Crippen molar-refractivity contribution in [2.24, 2.45) is 5.92 Å². The van der Waals surface area contributed by atoms with Gasteiger partial charge in [0.1, 0.15) is 11.4 Å². The van der Waals surface area contributed by atoms with E-state index in [0.717, 1.165) is 4.90 Å². The molecule has 2 aromatic rings. The van der Waals surface area contributed by atoms with Crippen molar-refractivity contribution in [3.05, 3.63) is 59.8 Å². The molecule has 0 aromatic heterocycles. The van der Waals surface area contributed by atoms with Crippen molar-refractivity contribution in [1.82, 2.24) is 4.90 Å². The number of anilines is 2. The maximum atomic E-state index is 12.7. The Bertz CT molecular complexity index is 992. The monoisotopic (exact) mass is 407 g/mol. The second kappa shape index (κ2) is 8.82. The van der Waals surface area contributed by atoms with E-state index in [1.807, 2.05) is 0 Å². The Labute approximate surface area is 175 Å². The molecule has 0 atom stereocenters. The lowest BCUT2D eigenvalue weighted by Gasteiger charge is -2.11. The average Bonchev–Trinajstić information content (AvgIpc) is 2.91. The highest BCUT2D eigenvalue weighted by atomic mass is 16.5. The van der Waals surface area contributed by atoms with Crippen molar-refractivity contribution in [2.45, 2.75) is 20.8 Å². The number of likely N-dealkylation sites (N-methyl/N-ethyl adjacent to an activating group) is 1. The number of nitrogens with one attached hydrogen (secondary N) is 2. The van der Waals surface area contributed by atoms with Crippen LogP contribution in [0, 0.1) is 5.92 Å². The molecule has 30 heavy (non-hydrogen) atoms. The number of carbonyl (C=O) groups excluding carboxylic acids is 3. The van der Waals surface area contributed by atoms with E-state index in [2.05, 4.69) is 24.5 Å². The minimum absolute atomic E-state index is 0.167. The van der Waals surface area contributed by atoms with Gasteiger partial charge in [-0.1, -0.05) is 26.0 Å². The number of ether oxygens (including phenoxy) is 1. The summed E-state index contributed by atoms with van der Waals surface area (Å²) in [6.07, 6.45) is 0. The van der Waals surface area contributed by atoms with E-state index in [-0.39, 0.29) is 17.5 Å². The Morgan fingerprint density at radius 1 is 0.967 bits per heavy atom. The fraction of sp³-hybridized carbons (Fsp3) is 0.261. The van der Waals surface area contributed by atoms with Crippen LogP contribution in [0.4, 0.5) is 11.4 Å². The summed E-state index contributed by atoms with van der Waals surface area (Å²) in [7, 11) is 1.46. The Kier molecular flexibility index (Phi) is 6.20. The van der Waals surface area contributed by atoms with Crippen LogP contribution >= 0.6 is 0 Å². The molecule has 0 saturated heterocycles. The molecule has 0 unspecified atom stereocenters. The lowest BCUT2D eigenvalue weighted by Crippen LogP contribution is -2.27. The van der Waals surface area contributed by atoms with Crippen LogP contribution < -0.4 is 15.4 Å². The lowest BCUT2D eigenvalue weighted by molar-refractivity contribution is -0.135. The lowest BCUT2D eigenvalue weighted by atomic mass is 10.0. The molecule has 7 heteroatoms. The van der Waals surface area contributed by atoms with Crippen molar-refractivity contribution in [2.75, 3.05) is 24.3 Å². The largest absolute Gasteiger partial charge is 0.493 e. The molecule has 1 heterocycles. The van der Waals surface area contributed by atoms with Gasteiger partial charge in [-0.2, -0.15) is 0 Å². The van der Waals surface area contributed by atoms with Crippen molar-refractivity contribution in [1.29, 1.82) is 0 Å². The van der Waals surface area contributed by atoms with Crippen molar-refractivity contribution in [3.63, 3.8) is 0 Å². The zero-order chi connectivity index (χ0) is 21.8. The van der Waals surface area contributed by atoms with Gasteiger partial charge < -0.3 is 15.4 Å². The topological polar surface area (TPSA) is 87.7 Å². The van der Waals surface area contributed by atoms with E-state index in [1.54, 1.807) is 48.5 Å². The molecule has 0 saturated carbocycles. The predicted octanol–water partition coefficient (Wildman–Crippen LogP) is 3.50. The second-order valence-electron chi connectivity index (χ2n) is 7.53. The minimum Gasteiger partial charge on any atom is -0.493 e. The highest BCUT2D eigenvalue weighted by Gasteiger charge is 2.36. The average molecular weight is 407 g/mol. The smallest absolute Gasteiger partial charge is 0.277 e. The summed E-state index contributed by atoms with van der Waals surface area (Å²) in [6.45, 7) is 6.17. The maximum Gasteiger partial charge on any atom is 0.277 e. The molecule has 1 aliphatic rings. The fourth-order valence-corrected chi connectivity index (χ4v) is 2.99. The molecule has 3 rings (SSSR count). The number of carbonyl (C=O) groups is 3. The van der Waals surface area contributed by atoms with E-state index in [1.165, 1.54) is 14.0 Å². The molecule has 0 radical (unpaired) electrons. The van der Waals surface area contributed by atoms with E-state index >= 15 is 0 Å². The molecule has 0 fully saturated rings. The summed E-state index contributed by atoms with van der Waals surface area (Å²) in [5.41, 5.74) is 2.43. The van der Waals surface area contributed by atoms with Gasteiger partial charge in [0.25, 0.3) is 11.8 Å². The molecule has 2 aromatic carbocycles. The molecule has 7 nitrogen and oxygen atoms in total. The number of hydrogen-bond donors (Lipinski definition) is 2. The third-order valence-corrected chi connectivity index (χ3v) is 4.49. The van der Waals surface area contributed by atoms with Crippen LogP contribution in [0.1, 0.15) is 26.3 Å². The number of nitrogens with zero attached hydrogens (tertiary/aromatic N) is 1. The van der Waals surface area contributed by atoms with Crippen LogP contribution in [0.2, 0.25) is 0 Å². The van der Waals surface area contributed by atoms with Crippen LogP contribution in [0.5, 0.6) is 5.75 Å². The van der Waals surface area contributed by atoms with E-state index < -0.39 is 5.91 Å². The van der Waals surface area contributed by atoms with Gasteiger partial charge in [-0.05, 0) is 47.9 Å². The van der Waals surface area contributed by atoms with Gasteiger partial charge in [0, 0.05) is 25.3 Å². The molecule has 3 amide bonds. The zero-order valence-electron chi connectivity index (χ0n) is 17.5. The first-order valence-electron chi connectivity index (χ1n) is 9.71. The summed E-state index contributed by atoms with van der Waals surface area (Å²) in [6, 6.07) is 14.0. The fourth-order valence-electron chi connectivity index (χ4n) is 2.99. The minimum atomic E-state index is -0.402. The Hall–Kier alpha value is -3.61. The summed E-state index contributed by atoms with van der Waals surface area (Å²) < 4.78 is 5.69. The van der Waals surface area contributed by atoms with Gasteiger partial charge in [-0.3, -0.25) is 19.3 Å². The molecule has 0 aliphatic carbocycles. The second-order valence-corrected chi connectivity index (χ2v) is 7.53. The SMILES string of the molecule is CC(=O)Nc1ccc(NC2=C(c3ccc(OCC(C)C)cc3)C(=O)N(C)C2=O)cc1. The first-order valence-corrected chi connectivity index (χ1v) is 9.71. The van der Waals surface area contributed by atoms with E-state index in [4.69, 9.17) is 4.74 Å². The van der Waals surface area contributed by atoms with Gasteiger partial charge in [-0.25, -0.2) is 0 Å². The molecule has 0 bridgehead atoms. The van der Waals surface area contributed by atoms with Gasteiger partial charge in [0.05, 0.1) is 12.2 Å². The molecule has 0 spiro atoms. The van der Waals surface area contributed by atoms with Crippen LogP contribution in [0.15, 0.2) is 54.2 Å². The van der Waals surface area contributed by atoms with Crippen molar-refractivity contribution in [3.8, 4) is 5.75 Å². The standard InChI is InChI=1S/C23H25N3O4/c1-14(2)13-30-19-11-5-16(6-12-19)20-21(23(29)26(4)22(20)28)25-18-9-7-17(8-10-18)24-15(3)27/h5-12,14,25H,13H2,1-4H3,(H,24,27). The summed E-state index contributed by atoms with van der Waals surface area (Å²) in [4.78, 5) is 37.6. The summed E-state index contributed by atoms with van der Waals surface area (Å²) in [5.74, 6) is 0.179. The molecular weight excluding hydrogens is 382 g/mol. The number of rotatable bonds is 7. The van der Waals surface area contributed by atoms with Crippen molar-refractivity contribution < 1.29 is 19.1 Å². The van der Waals surface area contributed by atoms with Gasteiger partial charge >= 0.3 is 0 Å². The normalized spacial score (nSPS) is 13.8. The van der Waals surface area contributed by atoms with E-state index in [9.17, 15) is 14.4 Å². The summed E-state index contributed by atoms with van der Waals surface area (Å²) in [5, 5.41) is 5.74. The zero-order valence-corrected chi connectivity index (χ0v) is 17.5. The van der Waals surface area contributed by atoms with Gasteiger partial charge in [0.15, 0.2) is 0 Å². The third-order valence-electron chi connectivity index (χ3n) is 4.49. The van der Waals surface area contributed by atoms with Crippen LogP contribution in [-0.4, -0.2) is 36.3 Å².